The summed E-state index contributed by atoms with van der Waals surface area (Å²) in [5.74, 6) is 4.96. The van der Waals surface area contributed by atoms with Crippen LogP contribution in [0.5, 0.6) is 51.7 Å². The smallest absolute Gasteiger partial charge is 0.169 e. The van der Waals surface area contributed by atoms with Gasteiger partial charge in [0.1, 0.15) is 5.75 Å². The summed E-state index contributed by atoms with van der Waals surface area (Å²) < 4.78 is 41.5. The first-order valence-electron chi connectivity index (χ1n) is 16.9. The third-order valence-corrected chi connectivity index (χ3v) is 10.7. The lowest BCUT2D eigenvalue weighted by Gasteiger charge is -2.40. The molecule has 0 aromatic heterocycles. The Morgan fingerprint density at radius 3 is 1.94 bits per heavy atom. The third-order valence-electron chi connectivity index (χ3n) is 10.7. The summed E-state index contributed by atoms with van der Waals surface area (Å²) in [6.07, 6.45) is 3.21. The molecule has 264 valence electrons. The second-order valence-corrected chi connectivity index (χ2v) is 13.3. The summed E-state index contributed by atoms with van der Waals surface area (Å²) in [6.45, 7) is 1.83. The molecule has 7 rings (SSSR count). The fourth-order valence-electron chi connectivity index (χ4n) is 8.06. The Kier molecular flexibility index (Phi) is 9.09. The molecule has 2 unspecified atom stereocenters. The molecule has 1 N–H and O–H groups in total. The molecular formula is C40H46N2O8. The van der Waals surface area contributed by atoms with Crippen molar-refractivity contribution in [2.24, 2.45) is 0 Å². The van der Waals surface area contributed by atoms with E-state index in [9.17, 15) is 5.11 Å². The summed E-state index contributed by atoms with van der Waals surface area (Å²) in [5, 5.41) is 11.0. The molecule has 0 saturated carbocycles. The number of phenolic OH excluding ortho intramolecular Hbond substituents is 1. The molecule has 2 aliphatic heterocycles. The minimum absolute atomic E-state index is 0.00545. The second kappa shape index (κ2) is 13.5. The van der Waals surface area contributed by atoms with Crippen LogP contribution in [0.1, 0.15) is 45.5 Å². The normalized spacial score (nSPS) is 18.0. The zero-order valence-corrected chi connectivity index (χ0v) is 30.1. The lowest BCUT2D eigenvalue weighted by Crippen LogP contribution is -2.35. The Bertz CT molecular complexity index is 1940. The summed E-state index contributed by atoms with van der Waals surface area (Å²) >= 11 is 0. The maximum atomic E-state index is 11.0. The zero-order chi connectivity index (χ0) is 35.3. The number of fused-ring (bicyclic) bond motifs is 3. The number of rotatable bonds is 10. The van der Waals surface area contributed by atoms with Crippen LogP contribution in [0.15, 0.2) is 42.5 Å². The number of hydrogen-bond acceptors (Lipinski definition) is 10. The molecule has 2 heterocycles. The van der Waals surface area contributed by atoms with Crippen molar-refractivity contribution in [1.29, 1.82) is 0 Å². The van der Waals surface area contributed by atoms with Crippen molar-refractivity contribution in [2.75, 3.05) is 69.8 Å². The Balaban J connectivity index is 1.32. The number of likely N-dealkylation sites (N-methyl/N-ethyl adjacent to an activating group) is 2. The standard InChI is InChI=1S/C40H46N2O8/c1-41-11-9-22-16-33(45-4)34(46-5)19-26(22)28(41)14-25-15-30(43)32(44-3)21-31(25)50-36-18-24-13-29-38-23(10-12-42(29)2)17-37(48-7)40(49-8)39(38)27(24)20-35(36)47-6/h15-21,28-29,43H,9-14H2,1-8H3. The second-order valence-electron chi connectivity index (χ2n) is 13.3. The van der Waals surface area contributed by atoms with Gasteiger partial charge in [0, 0.05) is 42.4 Å². The highest BCUT2D eigenvalue weighted by Gasteiger charge is 2.37. The number of aromatic hydroxyl groups is 1. The monoisotopic (exact) mass is 682 g/mol. The van der Waals surface area contributed by atoms with E-state index in [1.165, 1.54) is 23.8 Å². The number of ether oxygens (including phenoxy) is 7. The largest absolute Gasteiger partial charge is 0.504 e. The van der Waals surface area contributed by atoms with Crippen molar-refractivity contribution in [3.8, 4) is 62.9 Å². The molecule has 0 bridgehead atoms. The van der Waals surface area contributed by atoms with E-state index < -0.39 is 0 Å². The summed E-state index contributed by atoms with van der Waals surface area (Å²) in [7, 11) is 14.2. The molecule has 10 heteroatoms. The van der Waals surface area contributed by atoms with Gasteiger partial charge in [0.15, 0.2) is 46.0 Å². The quantitative estimate of drug-likeness (QED) is 0.194. The Labute approximate surface area is 294 Å². The zero-order valence-electron chi connectivity index (χ0n) is 30.1. The van der Waals surface area contributed by atoms with E-state index >= 15 is 0 Å². The van der Waals surface area contributed by atoms with E-state index in [2.05, 4.69) is 54.2 Å². The van der Waals surface area contributed by atoms with E-state index in [-0.39, 0.29) is 17.8 Å². The van der Waals surface area contributed by atoms with Crippen LogP contribution in [-0.2, 0) is 25.7 Å². The fraction of sp³-hybridized carbons (Fsp3) is 0.400. The van der Waals surface area contributed by atoms with E-state index in [0.29, 0.717) is 35.2 Å². The first-order chi connectivity index (χ1) is 24.2. The van der Waals surface area contributed by atoms with Crippen LogP contribution < -0.4 is 33.2 Å². The van der Waals surface area contributed by atoms with Gasteiger partial charge in [0.05, 0.1) is 42.7 Å². The summed E-state index contributed by atoms with van der Waals surface area (Å²) in [6, 6.07) is 14.1. The number of hydrogen-bond donors (Lipinski definition) is 1. The van der Waals surface area contributed by atoms with E-state index in [1.807, 2.05) is 0 Å². The van der Waals surface area contributed by atoms with Gasteiger partial charge in [-0.15, -0.1) is 0 Å². The molecule has 0 fully saturated rings. The number of methoxy groups -OCH3 is 6. The van der Waals surface area contributed by atoms with Gasteiger partial charge in [-0.1, -0.05) is 0 Å². The molecular weight excluding hydrogens is 636 g/mol. The van der Waals surface area contributed by atoms with Gasteiger partial charge in [0.2, 0.25) is 0 Å². The lowest BCUT2D eigenvalue weighted by molar-refractivity contribution is 0.226. The van der Waals surface area contributed by atoms with Crippen molar-refractivity contribution in [3.63, 3.8) is 0 Å². The minimum Gasteiger partial charge on any atom is -0.504 e. The van der Waals surface area contributed by atoms with Gasteiger partial charge < -0.3 is 38.3 Å². The van der Waals surface area contributed by atoms with Crippen molar-refractivity contribution < 1.29 is 38.3 Å². The predicted octanol–water partition coefficient (Wildman–Crippen LogP) is 6.76. The van der Waals surface area contributed by atoms with Crippen LogP contribution in [0, 0.1) is 0 Å². The van der Waals surface area contributed by atoms with Gasteiger partial charge in [-0.3, -0.25) is 9.80 Å². The Morgan fingerprint density at radius 1 is 0.620 bits per heavy atom. The molecule has 3 aliphatic rings. The molecule has 10 nitrogen and oxygen atoms in total. The molecule has 0 radical (unpaired) electrons. The van der Waals surface area contributed by atoms with Gasteiger partial charge in [-0.05, 0) is 110 Å². The number of benzene rings is 4. The van der Waals surface area contributed by atoms with Crippen LogP contribution in [0.2, 0.25) is 0 Å². The molecule has 0 spiro atoms. The van der Waals surface area contributed by atoms with E-state index in [0.717, 1.165) is 77.4 Å². The van der Waals surface area contributed by atoms with Crippen LogP contribution >= 0.6 is 0 Å². The third kappa shape index (κ3) is 5.60. The van der Waals surface area contributed by atoms with Gasteiger partial charge in [-0.25, -0.2) is 0 Å². The highest BCUT2D eigenvalue weighted by atomic mass is 16.5. The van der Waals surface area contributed by atoms with Gasteiger partial charge >= 0.3 is 0 Å². The molecule has 2 atom stereocenters. The van der Waals surface area contributed by atoms with Crippen molar-refractivity contribution in [3.05, 3.63) is 75.8 Å². The maximum Gasteiger partial charge on any atom is 0.169 e. The maximum absolute atomic E-state index is 11.0. The SMILES string of the molecule is COc1cc(Oc2cc3c(cc2OC)-c2c(OC)c(OC)cc4c2C(C3)N(C)CC4)c(CC2c3cc(OC)c(OC)cc3CCN2C)cc1O. The van der Waals surface area contributed by atoms with Gasteiger partial charge in [-0.2, -0.15) is 0 Å². The predicted molar refractivity (Wildman–Crippen MR) is 191 cm³/mol. The molecule has 0 amide bonds. The van der Waals surface area contributed by atoms with Gasteiger partial charge in [0.25, 0.3) is 0 Å². The van der Waals surface area contributed by atoms with Crippen molar-refractivity contribution in [1.82, 2.24) is 9.80 Å². The molecule has 50 heavy (non-hydrogen) atoms. The average Bonchev–Trinajstić information content (AvgIpc) is 3.13. The van der Waals surface area contributed by atoms with Crippen LogP contribution in [0.3, 0.4) is 0 Å². The molecule has 4 aromatic carbocycles. The van der Waals surface area contributed by atoms with E-state index in [4.69, 9.17) is 33.2 Å². The number of phenols is 1. The minimum atomic E-state index is -0.00545. The topological polar surface area (TPSA) is 91.3 Å². The average molecular weight is 683 g/mol. The summed E-state index contributed by atoms with van der Waals surface area (Å²) in [5.41, 5.74) is 8.99. The lowest BCUT2D eigenvalue weighted by atomic mass is 9.76. The molecule has 4 aromatic rings. The first-order valence-corrected chi connectivity index (χ1v) is 16.9. The first kappa shape index (κ1) is 33.7. The fourth-order valence-corrected chi connectivity index (χ4v) is 8.06. The Morgan fingerprint density at radius 2 is 1.24 bits per heavy atom. The highest BCUT2D eigenvalue weighted by Crippen LogP contribution is 2.54. The van der Waals surface area contributed by atoms with E-state index in [1.54, 1.807) is 47.7 Å². The summed E-state index contributed by atoms with van der Waals surface area (Å²) in [4.78, 5) is 4.74. The van der Waals surface area contributed by atoms with Crippen LogP contribution in [0.25, 0.3) is 11.1 Å². The van der Waals surface area contributed by atoms with Crippen molar-refractivity contribution in [2.45, 2.75) is 37.8 Å². The molecule has 0 saturated heterocycles. The van der Waals surface area contributed by atoms with Crippen LogP contribution in [0.4, 0.5) is 0 Å². The highest BCUT2D eigenvalue weighted by molar-refractivity contribution is 5.85. The Hall–Kier alpha value is -4.80. The van der Waals surface area contributed by atoms with Crippen molar-refractivity contribution >= 4 is 0 Å². The molecule has 1 aliphatic carbocycles. The van der Waals surface area contributed by atoms with Crippen LogP contribution in [-0.4, -0.2) is 84.7 Å². The number of nitrogens with zero attached hydrogens (tertiary/aromatic N) is 2.